The molecule has 2 rings (SSSR count). The zero-order valence-corrected chi connectivity index (χ0v) is 9.97. The molecule has 0 aromatic carbocycles. The first kappa shape index (κ1) is 12.3. The highest BCUT2D eigenvalue weighted by molar-refractivity contribution is 7.09. The summed E-state index contributed by atoms with van der Waals surface area (Å²) >= 11 is 6.44. The summed E-state index contributed by atoms with van der Waals surface area (Å²) in [5, 5.41) is 19.9. The van der Waals surface area contributed by atoms with E-state index in [1.165, 1.54) is 0 Å². The van der Waals surface area contributed by atoms with Gasteiger partial charge in [-0.1, -0.05) is 21.2 Å². The summed E-state index contributed by atoms with van der Waals surface area (Å²) in [7, 11) is 0. The maximum atomic E-state index is 11.8. The standard InChI is InChI=1S/C7H3ClN6O3S/c8-5-1-3(4(2-9-5)14(16)17)6(15)10-7-11-12-13-18-7/h1-2H,(H,10,11,13,15). The summed E-state index contributed by atoms with van der Waals surface area (Å²) in [6, 6.07) is 1.10. The van der Waals surface area contributed by atoms with Crippen LogP contribution in [-0.4, -0.2) is 30.6 Å². The fourth-order valence-electron chi connectivity index (χ4n) is 1.10. The Labute approximate surface area is 108 Å². The number of hydrogen-bond acceptors (Lipinski definition) is 8. The van der Waals surface area contributed by atoms with Gasteiger partial charge in [0, 0.05) is 11.5 Å². The van der Waals surface area contributed by atoms with Crippen LogP contribution in [0.1, 0.15) is 10.4 Å². The van der Waals surface area contributed by atoms with Gasteiger partial charge < -0.3 is 0 Å². The van der Waals surface area contributed by atoms with Crippen molar-refractivity contribution in [3.8, 4) is 0 Å². The second-order valence-corrected chi connectivity index (χ2v) is 4.02. The Bertz CT molecular complexity index is 603. The SMILES string of the molecule is O=C(Nc1nnns1)c1cc(Cl)ncc1[N+](=O)[O-]. The van der Waals surface area contributed by atoms with Gasteiger partial charge in [0.2, 0.25) is 5.13 Å². The Kier molecular flexibility index (Phi) is 3.39. The summed E-state index contributed by atoms with van der Waals surface area (Å²) in [6.45, 7) is 0. The Hall–Kier alpha value is -2.20. The van der Waals surface area contributed by atoms with Gasteiger partial charge in [-0.15, -0.1) is 0 Å². The number of carbonyl (C=O) groups is 1. The lowest BCUT2D eigenvalue weighted by Gasteiger charge is -2.02. The average Bonchev–Trinajstić information content (AvgIpc) is 2.81. The number of nitrogens with zero attached hydrogens (tertiary/aromatic N) is 5. The van der Waals surface area contributed by atoms with Gasteiger partial charge in [-0.25, -0.2) is 4.98 Å². The molecule has 1 N–H and O–H groups in total. The van der Waals surface area contributed by atoms with E-state index < -0.39 is 16.5 Å². The molecule has 0 aliphatic carbocycles. The molecule has 2 aromatic heterocycles. The molecular formula is C7H3ClN6O3S. The van der Waals surface area contributed by atoms with E-state index in [1.54, 1.807) is 0 Å². The molecule has 2 aromatic rings. The first-order valence-corrected chi connectivity index (χ1v) is 5.49. The van der Waals surface area contributed by atoms with Crippen LogP contribution in [0.5, 0.6) is 0 Å². The maximum Gasteiger partial charge on any atom is 0.300 e. The highest BCUT2D eigenvalue weighted by atomic mass is 35.5. The number of halogens is 1. The molecule has 0 fully saturated rings. The molecule has 0 saturated carbocycles. The topological polar surface area (TPSA) is 124 Å². The van der Waals surface area contributed by atoms with Gasteiger partial charge in [0.15, 0.2) is 0 Å². The molecule has 0 radical (unpaired) electrons. The van der Waals surface area contributed by atoms with Crippen molar-refractivity contribution in [1.29, 1.82) is 0 Å². The molecule has 18 heavy (non-hydrogen) atoms. The van der Waals surface area contributed by atoms with Crippen LogP contribution in [-0.2, 0) is 0 Å². The minimum atomic E-state index is -0.732. The maximum absolute atomic E-state index is 11.8. The third kappa shape index (κ3) is 2.55. The first-order chi connectivity index (χ1) is 8.58. The van der Waals surface area contributed by atoms with E-state index in [0.717, 1.165) is 23.8 Å². The summed E-state index contributed by atoms with van der Waals surface area (Å²) in [5.74, 6) is -0.732. The summed E-state index contributed by atoms with van der Waals surface area (Å²) < 4.78 is 3.44. The second-order valence-electron chi connectivity index (χ2n) is 2.90. The lowest BCUT2D eigenvalue weighted by molar-refractivity contribution is -0.385. The molecule has 0 unspecified atom stereocenters. The third-order valence-corrected chi connectivity index (χ3v) is 2.53. The van der Waals surface area contributed by atoms with Crippen LogP contribution >= 0.6 is 23.1 Å². The van der Waals surface area contributed by atoms with Crippen molar-refractivity contribution in [2.75, 3.05) is 5.32 Å². The van der Waals surface area contributed by atoms with E-state index in [9.17, 15) is 14.9 Å². The van der Waals surface area contributed by atoms with E-state index >= 15 is 0 Å². The Morgan fingerprint density at radius 2 is 2.33 bits per heavy atom. The quantitative estimate of drug-likeness (QED) is 0.509. The summed E-state index contributed by atoms with van der Waals surface area (Å²) in [4.78, 5) is 25.4. The Balaban J connectivity index is 2.34. The summed E-state index contributed by atoms with van der Waals surface area (Å²) in [5.41, 5.74) is -0.662. The van der Waals surface area contributed by atoms with Crippen LogP contribution in [0.4, 0.5) is 10.8 Å². The van der Waals surface area contributed by atoms with Gasteiger partial charge in [0.1, 0.15) is 16.9 Å². The number of amides is 1. The monoisotopic (exact) mass is 286 g/mol. The van der Waals surface area contributed by atoms with Crippen LogP contribution in [0.2, 0.25) is 5.15 Å². The molecule has 0 aliphatic heterocycles. The van der Waals surface area contributed by atoms with E-state index in [2.05, 4.69) is 25.1 Å². The van der Waals surface area contributed by atoms with Crippen molar-refractivity contribution in [3.63, 3.8) is 0 Å². The zero-order valence-electron chi connectivity index (χ0n) is 8.40. The smallest absolute Gasteiger partial charge is 0.295 e. The molecule has 2 heterocycles. The lowest BCUT2D eigenvalue weighted by Crippen LogP contribution is -2.14. The van der Waals surface area contributed by atoms with Crippen LogP contribution in [0.3, 0.4) is 0 Å². The molecule has 1 amide bonds. The molecule has 0 aliphatic rings. The molecule has 0 saturated heterocycles. The minimum absolute atomic E-state index is 0.0267. The largest absolute Gasteiger partial charge is 0.300 e. The van der Waals surface area contributed by atoms with Gasteiger partial charge in [-0.05, 0) is 11.3 Å². The van der Waals surface area contributed by atoms with Gasteiger partial charge in [0.05, 0.1) is 4.92 Å². The molecule has 0 atom stereocenters. The van der Waals surface area contributed by atoms with Crippen LogP contribution in [0, 0.1) is 10.1 Å². The van der Waals surface area contributed by atoms with Crippen LogP contribution in [0.25, 0.3) is 0 Å². The molecule has 11 heteroatoms. The van der Waals surface area contributed by atoms with E-state index in [4.69, 9.17) is 11.6 Å². The minimum Gasteiger partial charge on any atom is -0.295 e. The summed E-state index contributed by atoms with van der Waals surface area (Å²) in [6.07, 6.45) is 0.912. The number of aromatic nitrogens is 4. The molecule has 9 nitrogen and oxygen atoms in total. The van der Waals surface area contributed by atoms with Crippen molar-refractivity contribution < 1.29 is 9.72 Å². The number of nitro groups is 1. The Morgan fingerprint density at radius 1 is 1.56 bits per heavy atom. The zero-order chi connectivity index (χ0) is 13.1. The van der Waals surface area contributed by atoms with Gasteiger partial charge in [-0.3, -0.25) is 20.2 Å². The number of anilines is 1. The molecule has 0 bridgehead atoms. The normalized spacial score (nSPS) is 10.1. The second kappa shape index (κ2) is 4.98. The number of pyridine rings is 1. The number of nitrogens with one attached hydrogen (secondary N) is 1. The van der Waals surface area contributed by atoms with E-state index in [-0.39, 0.29) is 15.8 Å². The van der Waals surface area contributed by atoms with Crippen molar-refractivity contribution >= 4 is 39.9 Å². The van der Waals surface area contributed by atoms with Gasteiger partial charge >= 0.3 is 0 Å². The van der Waals surface area contributed by atoms with Gasteiger partial charge in [-0.2, -0.15) is 0 Å². The Morgan fingerprint density at radius 3 is 2.94 bits per heavy atom. The van der Waals surface area contributed by atoms with E-state index in [1.807, 2.05) is 0 Å². The van der Waals surface area contributed by atoms with Crippen LogP contribution in [0.15, 0.2) is 12.3 Å². The lowest BCUT2D eigenvalue weighted by atomic mass is 10.2. The van der Waals surface area contributed by atoms with E-state index in [0.29, 0.717) is 0 Å². The van der Waals surface area contributed by atoms with Gasteiger partial charge in [0.25, 0.3) is 11.6 Å². The fourth-order valence-corrected chi connectivity index (χ4v) is 1.62. The molecule has 0 spiro atoms. The highest BCUT2D eigenvalue weighted by Crippen LogP contribution is 2.21. The fraction of sp³-hybridized carbons (Fsp3) is 0. The first-order valence-electron chi connectivity index (χ1n) is 4.34. The third-order valence-electron chi connectivity index (χ3n) is 1.81. The predicted octanol–water partition coefficient (Wildman–Crippen LogP) is 1.14. The van der Waals surface area contributed by atoms with Crippen molar-refractivity contribution in [1.82, 2.24) is 19.8 Å². The van der Waals surface area contributed by atoms with Crippen molar-refractivity contribution in [2.24, 2.45) is 0 Å². The number of rotatable bonds is 3. The predicted molar refractivity (Wildman–Crippen MR) is 61.6 cm³/mol. The molecular weight excluding hydrogens is 284 g/mol. The average molecular weight is 287 g/mol. The van der Waals surface area contributed by atoms with Crippen molar-refractivity contribution in [2.45, 2.75) is 0 Å². The highest BCUT2D eigenvalue weighted by Gasteiger charge is 2.22. The van der Waals surface area contributed by atoms with Crippen LogP contribution < -0.4 is 5.32 Å². The number of carbonyl (C=O) groups excluding carboxylic acids is 1. The van der Waals surface area contributed by atoms with Crippen molar-refractivity contribution in [3.05, 3.63) is 33.1 Å². The molecule has 92 valence electrons. The number of hydrogen-bond donors (Lipinski definition) is 1.